The molecule has 0 aromatic carbocycles. The minimum Gasteiger partial charge on any atom is -0.462 e. The van der Waals surface area contributed by atoms with Crippen LogP contribution >= 0.6 is 0 Å². The highest BCUT2D eigenvalue weighted by molar-refractivity contribution is 5.70. The first-order valence-electron chi connectivity index (χ1n) is 29.0. The number of esters is 2. The Bertz CT molecular complexity index is 1590. The molecule has 1 atom stereocenters. The number of hydrogen-bond donors (Lipinski definition) is 0. The summed E-state index contributed by atoms with van der Waals surface area (Å²) < 4.78 is 17.4. The highest BCUT2D eigenvalue weighted by Gasteiger charge is 2.17. The molecule has 0 rings (SSSR count). The molecular formula is C67H106O5. The molecule has 0 aliphatic carbocycles. The van der Waals surface area contributed by atoms with Crippen LogP contribution in [0.25, 0.3) is 0 Å². The van der Waals surface area contributed by atoms with Gasteiger partial charge < -0.3 is 14.2 Å². The van der Waals surface area contributed by atoms with Gasteiger partial charge in [0, 0.05) is 19.4 Å². The van der Waals surface area contributed by atoms with Gasteiger partial charge in [-0.2, -0.15) is 0 Å². The summed E-state index contributed by atoms with van der Waals surface area (Å²) in [4.78, 5) is 25.5. The smallest absolute Gasteiger partial charge is 0.306 e. The van der Waals surface area contributed by atoms with Gasteiger partial charge in [0.2, 0.25) is 0 Å². The van der Waals surface area contributed by atoms with Gasteiger partial charge >= 0.3 is 11.9 Å². The van der Waals surface area contributed by atoms with Gasteiger partial charge in [-0.25, -0.2) is 0 Å². The molecule has 0 saturated heterocycles. The van der Waals surface area contributed by atoms with Crippen molar-refractivity contribution >= 4 is 11.9 Å². The van der Waals surface area contributed by atoms with Crippen LogP contribution in [0.5, 0.6) is 0 Å². The Kier molecular flexibility index (Phi) is 57.0. The van der Waals surface area contributed by atoms with E-state index in [1.807, 2.05) is 6.08 Å². The molecule has 0 heterocycles. The number of rotatable bonds is 51. The maximum absolute atomic E-state index is 12.9. The molecule has 0 aliphatic rings. The second kappa shape index (κ2) is 60.8. The first-order valence-corrected chi connectivity index (χ1v) is 29.0. The van der Waals surface area contributed by atoms with E-state index in [0.717, 1.165) is 128 Å². The average molecular weight is 992 g/mol. The largest absolute Gasteiger partial charge is 0.462 e. The Morgan fingerprint density at radius 3 is 1.06 bits per heavy atom. The molecule has 0 bridgehead atoms. The van der Waals surface area contributed by atoms with Crippen LogP contribution in [0.4, 0.5) is 0 Å². The number of carbonyl (C=O) groups excluding carboxylic acids is 2. The molecule has 0 radical (unpaired) electrons. The van der Waals surface area contributed by atoms with Crippen molar-refractivity contribution in [2.24, 2.45) is 0 Å². The maximum atomic E-state index is 12.9. The van der Waals surface area contributed by atoms with Crippen LogP contribution in [0.3, 0.4) is 0 Å². The van der Waals surface area contributed by atoms with Crippen molar-refractivity contribution in [3.8, 4) is 0 Å². The van der Waals surface area contributed by atoms with E-state index in [2.05, 4.69) is 173 Å². The molecule has 5 heteroatoms. The highest BCUT2D eigenvalue weighted by Crippen LogP contribution is 2.12. The third-order valence-electron chi connectivity index (χ3n) is 11.5. The first kappa shape index (κ1) is 67.5. The second-order valence-electron chi connectivity index (χ2n) is 18.4. The second-order valence-corrected chi connectivity index (χ2v) is 18.4. The standard InChI is InChI=1S/C67H106O5/c1-4-7-10-13-16-19-22-25-28-31-33-35-38-41-44-47-50-53-56-59-62-70-63-65(72-67(69)61-58-55-52-49-46-43-40-36-30-27-24-21-18-15-12-9-6-3)64-71-66(68)60-57-54-51-48-45-42-39-37-34-32-29-26-23-20-17-14-11-8-5-2/h8-9,11-12,16-21,25-30,33-35,37,40,42-43,45,51,54,65H,4-7,10,13-15,22-24,31-32,36,38-39,41,44,46-50,52-53,55-64H2,1-3H3/b11-8-,12-9-,19-16-,20-17-,21-18-,28-25-,29-26-,30-27-,35-33-,37-34-,43-40-,45-42-,54-51-. The van der Waals surface area contributed by atoms with E-state index in [4.69, 9.17) is 14.2 Å². The van der Waals surface area contributed by atoms with Crippen molar-refractivity contribution in [3.63, 3.8) is 0 Å². The van der Waals surface area contributed by atoms with Gasteiger partial charge in [-0.3, -0.25) is 9.59 Å². The SMILES string of the molecule is CC/C=C\C/C=C\C/C=C\C/C=C\C/C=C\C/C=C\CCC(=O)OCC(COCCCCCCCCC/C=C\C/C=C\C/C=C\CCCCC)OC(=O)CCCCCC/C=C\C/C=C\C/C=C\C/C=C\CC. The molecule has 72 heavy (non-hydrogen) atoms. The van der Waals surface area contributed by atoms with Gasteiger partial charge in [-0.15, -0.1) is 0 Å². The zero-order chi connectivity index (χ0) is 52.0. The Labute approximate surface area is 444 Å². The molecular weight excluding hydrogens is 885 g/mol. The van der Waals surface area contributed by atoms with Crippen LogP contribution in [-0.4, -0.2) is 37.9 Å². The lowest BCUT2D eigenvalue weighted by atomic mass is 10.1. The van der Waals surface area contributed by atoms with E-state index >= 15 is 0 Å². The van der Waals surface area contributed by atoms with E-state index in [9.17, 15) is 9.59 Å². The number of hydrogen-bond acceptors (Lipinski definition) is 5. The molecule has 0 N–H and O–H groups in total. The fourth-order valence-corrected chi connectivity index (χ4v) is 7.30. The average Bonchev–Trinajstić information content (AvgIpc) is 3.38. The number of allylic oxidation sites excluding steroid dienone is 26. The van der Waals surface area contributed by atoms with Gasteiger partial charge in [0.15, 0.2) is 6.10 Å². The fraction of sp³-hybridized carbons (Fsp3) is 0.582. The Balaban J connectivity index is 4.49. The van der Waals surface area contributed by atoms with Crippen molar-refractivity contribution in [1.29, 1.82) is 0 Å². The molecule has 0 saturated carbocycles. The molecule has 0 amide bonds. The maximum Gasteiger partial charge on any atom is 0.306 e. The molecule has 0 aromatic rings. The van der Waals surface area contributed by atoms with E-state index in [-0.39, 0.29) is 31.6 Å². The van der Waals surface area contributed by atoms with Gasteiger partial charge in [-0.05, 0) is 135 Å². The van der Waals surface area contributed by atoms with Gasteiger partial charge in [0.1, 0.15) is 6.61 Å². The van der Waals surface area contributed by atoms with Crippen LogP contribution in [0.1, 0.15) is 226 Å². The minimum atomic E-state index is -0.599. The summed E-state index contributed by atoms with van der Waals surface area (Å²) >= 11 is 0. The summed E-state index contributed by atoms with van der Waals surface area (Å²) in [7, 11) is 0. The fourth-order valence-electron chi connectivity index (χ4n) is 7.30. The van der Waals surface area contributed by atoms with E-state index in [1.165, 1.54) is 57.8 Å². The number of carbonyl (C=O) groups is 2. The zero-order valence-corrected chi connectivity index (χ0v) is 46.4. The summed E-state index contributed by atoms with van der Waals surface area (Å²) in [5.41, 5.74) is 0. The van der Waals surface area contributed by atoms with E-state index < -0.39 is 6.10 Å². The third-order valence-corrected chi connectivity index (χ3v) is 11.5. The minimum absolute atomic E-state index is 0.0198. The third kappa shape index (κ3) is 58.1. The lowest BCUT2D eigenvalue weighted by Gasteiger charge is -2.18. The van der Waals surface area contributed by atoms with Crippen molar-refractivity contribution in [2.45, 2.75) is 232 Å². The summed E-state index contributed by atoms with van der Waals surface area (Å²) in [6.07, 6.45) is 89.9. The monoisotopic (exact) mass is 991 g/mol. The molecule has 1 unspecified atom stereocenters. The topological polar surface area (TPSA) is 61.8 Å². The van der Waals surface area contributed by atoms with Crippen LogP contribution in [-0.2, 0) is 23.8 Å². The predicted octanol–water partition coefficient (Wildman–Crippen LogP) is 20.2. The van der Waals surface area contributed by atoms with Crippen LogP contribution < -0.4 is 0 Å². The summed E-state index contributed by atoms with van der Waals surface area (Å²) in [5, 5.41) is 0. The Morgan fingerprint density at radius 2 is 0.653 bits per heavy atom. The molecule has 404 valence electrons. The van der Waals surface area contributed by atoms with Gasteiger partial charge in [-0.1, -0.05) is 237 Å². The lowest BCUT2D eigenvalue weighted by molar-refractivity contribution is -0.162. The number of unbranched alkanes of at least 4 members (excludes halogenated alkanes) is 14. The Hall–Kier alpha value is -4.48. The van der Waals surface area contributed by atoms with Gasteiger partial charge in [0.25, 0.3) is 0 Å². The van der Waals surface area contributed by atoms with Crippen LogP contribution in [0.15, 0.2) is 158 Å². The Morgan fingerprint density at radius 1 is 0.319 bits per heavy atom. The van der Waals surface area contributed by atoms with Crippen molar-refractivity contribution < 1.29 is 23.8 Å². The van der Waals surface area contributed by atoms with E-state index in [0.29, 0.717) is 19.4 Å². The first-order chi connectivity index (χ1) is 35.6. The van der Waals surface area contributed by atoms with Gasteiger partial charge in [0.05, 0.1) is 6.61 Å². The van der Waals surface area contributed by atoms with Crippen molar-refractivity contribution in [2.75, 3.05) is 19.8 Å². The molecule has 0 aliphatic heterocycles. The van der Waals surface area contributed by atoms with Crippen LogP contribution in [0, 0.1) is 0 Å². The van der Waals surface area contributed by atoms with E-state index in [1.54, 1.807) is 0 Å². The lowest BCUT2D eigenvalue weighted by Crippen LogP contribution is -2.30. The zero-order valence-electron chi connectivity index (χ0n) is 46.4. The molecule has 0 aromatic heterocycles. The van der Waals surface area contributed by atoms with Crippen LogP contribution in [0.2, 0.25) is 0 Å². The van der Waals surface area contributed by atoms with Crippen molar-refractivity contribution in [3.05, 3.63) is 158 Å². The molecule has 5 nitrogen and oxygen atoms in total. The summed E-state index contributed by atoms with van der Waals surface area (Å²) in [5.74, 6) is -0.538. The predicted molar refractivity (Wildman–Crippen MR) is 315 cm³/mol. The highest BCUT2D eigenvalue weighted by atomic mass is 16.6. The van der Waals surface area contributed by atoms with Crippen molar-refractivity contribution in [1.82, 2.24) is 0 Å². The normalized spacial score (nSPS) is 13.4. The quantitative estimate of drug-likeness (QED) is 0.0345. The summed E-state index contributed by atoms with van der Waals surface area (Å²) in [6, 6.07) is 0. The molecule has 0 fully saturated rings. The number of ether oxygens (including phenoxy) is 3. The molecule has 0 spiro atoms. The summed E-state index contributed by atoms with van der Waals surface area (Å²) in [6.45, 7) is 7.43.